The number of nitrogens with zero attached hydrogens (tertiary/aromatic N) is 2. The minimum Gasteiger partial charge on any atom is -0.348 e. The second-order valence-electron chi connectivity index (χ2n) is 6.48. The van der Waals surface area contributed by atoms with E-state index in [1.807, 2.05) is 73.7 Å². The van der Waals surface area contributed by atoms with E-state index >= 15 is 0 Å². The first-order valence-electron chi connectivity index (χ1n) is 8.84. The van der Waals surface area contributed by atoms with Gasteiger partial charge >= 0.3 is 0 Å². The Morgan fingerprint density at radius 2 is 1.81 bits per heavy atom. The zero-order chi connectivity index (χ0) is 18.6. The molecule has 0 fully saturated rings. The minimum atomic E-state index is -0.112. The van der Waals surface area contributed by atoms with Crippen LogP contribution < -0.4 is 5.32 Å². The lowest BCUT2D eigenvalue weighted by Crippen LogP contribution is -2.23. The van der Waals surface area contributed by atoms with Crippen molar-refractivity contribution in [1.82, 2.24) is 15.3 Å². The van der Waals surface area contributed by atoms with Crippen molar-refractivity contribution >= 4 is 16.8 Å². The molecule has 0 aliphatic heterocycles. The maximum absolute atomic E-state index is 12.9. The molecule has 1 N–H and O–H groups in total. The molecule has 0 saturated carbocycles. The van der Waals surface area contributed by atoms with E-state index in [0.717, 1.165) is 27.7 Å². The summed E-state index contributed by atoms with van der Waals surface area (Å²) >= 11 is 0. The molecule has 0 aliphatic rings. The molecule has 27 heavy (non-hydrogen) atoms. The fourth-order valence-corrected chi connectivity index (χ4v) is 3.01. The molecule has 4 nitrogen and oxygen atoms in total. The number of para-hydroxylation sites is 1. The summed E-state index contributed by atoms with van der Waals surface area (Å²) in [6.45, 7) is 2.53. The van der Waals surface area contributed by atoms with E-state index in [1.165, 1.54) is 5.56 Å². The number of nitrogens with one attached hydrogen (secondary N) is 1. The molecule has 2 aromatic heterocycles. The van der Waals surface area contributed by atoms with Gasteiger partial charge in [0.05, 0.1) is 16.8 Å². The third kappa shape index (κ3) is 3.70. The highest BCUT2D eigenvalue weighted by molar-refractivity contribution is 6.07. The summed E-state index contributed by atoms with van der Waals surface area (Å²) in [7, 11) is 0. The first kappa shape index (κ1) is 16.9. The monoisotopic (exact) mass is 353 g/mol. The van der Waals surface area contributed by atoms with Crippen molar-refractivity contribution in [2.24, 2.45) is 0 Å². The summed E-state index contributed by atoms with van der Waals surface area (Å²) in [6.07, 6.45) is 3.48. The SMILES string of the molecule is Cc1ccc(CNC(=O)c2cc(-c3cccnc3)nc3ccccc23)cc1. The first-order chi connectivity index (χ1) is 13.2. The molecular formula is C23H19N3O. The molecule has 0 spiro atoms. The summed E-state index contributed by atoms with van der Waals surface area (Å²) in [6, 6.07) is 21.5. The topological polar surface area (TPSA) is 54.9 Å². The van der Waals surface area contributed by atoms with Gasteiger partial charge in [-0.05, 0) is 36.8 Å². The molecule has 0 aliphatic carbocycles. The van der Waals surface area contributed by atoms with E-state index in [1.54, 1.807) is 12.4 Å². The smallest absolute Gasteiger partial charge is 0.252 e. The Morgan fingerprint density at radius 3 is 2.59 bits per heavy atom. The lowest BCUT2D eigenvalue weighted by Gasteiger charge is -2.11. The first-order valence-corrected chi connectivity index (χ1v) is 8.84. The number of hydrogen-bond donors (Lipinski definition) is 1. The molecule has 4 aromatic rings. The normalized spacial score (nSPS) is 10.7. The lowest BCUT2D eigenvalue weighted by molar-refractivity contribution is 0.0952. The molecule has 0 saturated heterocycles. The molecule has 2 heterocycles. The van der Waals surface area contributed by atoms with E-state index in [9.17, 15) is 4.79 Å². The Balaban J connectivity index is 1.69. The van der Waals surface area contributed by atoms with Crippen LogP contribution in [0, 0.1) is 6.92 Å². The Bertz CT molecular complexity index is 1090. The van der Waals surface area contributed by atoms with Gasteiger partial charge < -0.3 is 5.32 Å². The van der Waals surface area contributed by atoms with Crippen LogP contribution in [0.4, 0.5) is 0 Å². The summed E-state index contributed by atoms with van der Waals surface area (Å²) in [5.74, 6) is -0.112. The molecule has 4 rings (SSSR count). The van der Waals surface area contributed by atoms with Crippen molar-refractivity contribution in [1.29, 1.82) is 0 Å². The van der Waals surface area contributed by atoms with Gasteiger partial charge in [0.1, 0.15) is 0 Å². The number of aryl methyl sites for hydroxylation is 1. The van der Waals surface area contributed by atoms with Gasteiger partial charge in [-0.1, -0.05) is 48.0 Å². The number of rotatable bonds is 4. The fraction of sp³-hybridized carbons (Fsp3) is 0.0870. The number of benzene rings is 2. The van der Waals surface area contributed by atoms with Gasteiger partial charge in [0.2, 0.25) is 0 Å². The zero-order valence-electron chi connectivity index (χ0n) is 15.0. The van der Waals surface area contributed by atoms with Crippen LogP contribution >= 0.6 is 0 Å². The van der Waals surface area contributed by atoms with Crippen LogP contribution in [0.5, 0.6) is 0 Å². The summed E-state index contributed by atoms with van der Waals surface area (Å²) in [4.78, 5) is 21.8. The molecule has 0 radical (unpaired) electrons. The van der Waals surface area contributed by atoms with E-state index in [2.05, 4.69) is 10.3 Å². The molecule has 2 aromatic carbocycles. The Labute approximate surface area is 157 Å². The highest BCUT2D eigenvalue weighted by atomic mass is 16.1. The molecular weight excluding hydrogens is 334 g/mol. The number of carbonyl (C=O) groups excluding carboxylic acids is 1. The number of fused-ring (bicyclic) bond motifs is 1. The van der Waals surface area contributed by atoms with Gasteiger partial charge in [-0.2, -0.15) is 0 Å². The third-order valence-electron chi connectivity index (χ3n) is 4.49. The Morgan fingerprint density at radius 1 is 1.00 bits per heavy atom. The van der Waals surface area contributed by atoms with Crippen molar-refractivity contribution in [3.8, 4) is 11.3 Å². The number of aromatic nitrogens is 2. The highest BCUT2D eigenvalue weighted by Gasteiger charge is 2.13. The maximum Gasteiger partial charge on any atom is 0.252 e. The molecule has 1 amide bonds. The molecule has 0 bridgehead atoms. The summed E-state index contributed by atoms with van der Waals surface area (Å²) in [5.41, 5.74) is 5.30. The van der Waals surface area contributed by atoms with Gasteiger partial charge in [-0.15, -0.1) is 0 Å². The fourth-order valence-electron chi connectivity index (χ4n) is 3.01. The van der Waals surface area contributed by atoms with Gasteiger partial charge in [-0.25, -0.2) is 4.98 Å². The number of pyridine rings is 2. The third-order valence-corrected chi connectivity index (χ3v) is 4.49. The predicted molar refractivity (Wildman–Crippen MR) is 107 cm³/mol. The van der Waals surface area contributed by atoms with Crippen molar-refractivity contribution in [2.45, 2.75) is 13.5 Å². The molecule has 0 unspecified atom stereocenters. The quantitative estimate of drug-likeness (QED) is 0.586. The Hall–Kier alpha value is -3.53. The zero-order valence-corrected chi connectivity index (χ0v) is 15.0. The average molecular weight is 353 g/mol. The second-order valence-corrected chi connectivity index (χ2v) is 6.48. The highest BCUT2D eigenvalue weighted by Crippen LogP contribution is 2.24. The molecule has 132 valence electrons. The van der Waals surface area contributed by atoms with Crippen LogP contribution in [0.15, 0.2) is 79.1 Å². The van der Waals surface area contributed by atoms with Gasteiger partial charge in [0.25, 0.3) is 5.91 Å². The maximum atomic E-state index is 12.9. The number of amides is 1. The van der Waals surface area contributed by atoms with Gasteiger partial charge in [0.15, 0.2) is 0 Å². The van der Waals surface area contributed by atoms with Crippen molar-refractivity contribution in [3.05, 3.63) is 95.8 Å². The van der Waals surface area contributed by atoms with Crippen molar-refractivity contribution in [2.75, 3.05) is 0 Å². The van der Waals surface area contributed by atoms with E-state index in [-0.39, 0.29) is 5.91 Å². The predicted octanol–water partition coefficient (Wildman–Crippen LogP) is 4.54. The van der Waals surface area contributed by atoms with E-state index in [4.69, 9.17) is 4.98 Å². The van der Waals surface area contributed by atoms with Gasteiger partial charge in [0, 0.05) is 29.9 Å². The van der Waals surface area contributed by atoms with Crippen LogP contribution in [-0.4, -0.2) is 15.9 Å². The number of carbonyl (C=O) groups is 1. The van der Waals surface area contributed by atoms with Crippen LogP contribution in [0.1, 0.15) is 21.5 Å². The molecule has 4 heteroatoms. The largest absolute Gasteiger partial charge is 0.348 e. The van der Waals surface area contributed by atoms with Crippen molar-refractivity contribution in [3.63, 3.8) is 0 Å². The van der Waals surface area contributed by atoms with Crippen LogP contribution in [0.25, 0.3) is 22.2 Å². The number of hydrogen-bond acceptors (Lipinski definition) is 3. The van der Waals surface area contributed by atoms with E-state index in [0.29, 0.717) is 12.1 Å². The summed E-state index contributed by atoms with van der Waals surface area (Å²) in [5, 5.41) is 3.86. The molecule has 0 atom stereocenters. The Kier molecular flexibility index (Phi) is 4.62. The van der Waals surface area contributed by atoms with E-state index < -0.39 is 0 Å². The average Bonchev–Trinajstić information content (AvgIpc) is 2.73. The lowest BCUT2D eigenvalue weighted by atomic mass is 10.0. The van der Waals surface area contributed by atoms with Crippen LogP contribution in [0.2, 0.25) is 0 Å². The van der Waals surface area contributed by atoms with Crippen LogP contribution in [-0.2, 0) is 6.54 Å². The van der Waals surface area contributed by atoms with Gasteiger partial charge in [-0.3, -0.25) is 9.78 Å². The summed E-state index contributed by atoms with van der Waals surface area (Å²) < 4.78 is 0. The second kappa shape index (κ2) is 7.38. The van der Waals surface area contributed by atoms with Crippen molar-refractivity contribution < 1.29 is 4.79 Å². The van der Waals surface area contributed by atoms with Crippen LogP contribution in [0.3, 0.4) is 0 Å². The standard InChI is InChI=1S/C23H19N3O/c1-16-8-10-17(11-9-16)14-25-23(27)20-13-22(18-5-4-12-24-15-18)26-21-7-3-2-6-19(20)21/h2-13,15H,14H2,1H3,(H,25,27). The minimum absolute atomic E-state index is 0.112.